The summed E-state index contributed by atoms with van der Waals surface area (Å²) in [5.74, 6) is -0.643. The van der Waals surface area contributed by atoms with Gasteiger partial charge in [0.2, 0.25) is 5.82 Å². The van der Waals surface area contributed by atoms with Gasteiger partial charge < -0.3 is 14.4 Å². The molecule has 0 saturated heterocycles. The molecule has 1 atom stereocenters. The van der Waals surface area contributed by atoms with Gasteiger partial charge in [0.05, 0.1) is 20.1 Å². The lowest BCUT2D eigenvalue weighted by molar-refractivity contribution is -0.144. The molecule has 0 fully saturated rings. The molecule has 7 heteroatoms. The third-order valence-electron chi connectivity index (χ3n) is 2.75. The molecule has 0 aliphatic carbocycles. The minimum atomic E-state index is -0.593. The summed E-state index contributed by atoms with van der Waals surface area (Å²) >= 11 is 0. The maximum atomic E-state index is 11.5. The number of anilines is 1. The predicted octanol–water partition coefficient (Wildman–Crippen LogP) is 0.817. The van der Waals surface area contributed by atoms with Crippen LogP contribution in [0.15, 0.2) is 6.07 Å². The summed E-state index contributed by atoms with van der Waals surface area (Å²) in [7, 11) is 4.40. The predicted molar refractivity (Wildman–Crippen MR) is 72.6 cm³/mol. The first-order valence-corrected chi connectivity index (χ1v) is 6.12. The second kappa shape index (κ2) is 6.83. The van der Waals surface area contributed by atoms with Crippen LogP contribution in [-0.4, -0.2) is 49.7 Å². The summed E-state index contributed by atoms with van der Waals surface area (Å²) in [6, 6.07) is 1.73. The number of esters is 2. The van der Waals surface area contributed by atoms with Crippen molar-refractivity contribution in [2.45, 2.75) is 13.8 Å². The third kappa shape index (κ3) is 3.91. The topological polar surface area (TPSA) is 81.6 Å². The van der Waals surface area contributed by atoms with Crippen molar-refractivity contribution >= 4 is 17.8 Å². The Labute approximate surface area is 117 Å². The van der Waals surface area contributed by atoms with Crippen LogP contribution in [0.4, 0.5) is 5.82 Å². The van der Waals surface area contributed by atoms with Crippen molar-refractivity contribution < 1.29 is 19.1 Å². The monoisotopic (exact) mass is 281 g/mol. The molecule has 7 nitrogen and oxygen atoms in total. The van der Waals surface area contributed by atoms with Gasteiger partial charge in [0, 0.05) is 25.4 Å². The van der Waals surface area contributed by atoms with Crippen molar-refractivity contribution in [2.24, 2.45) is 5.92 Å². The number of aromatic nitrogens is 2. The summed E-state index contributed by atoms with van der Waals surface area (Å²) < 4.78 is 9.29. The van der Waals surface area contributed by atoms with Crippen LogP contribution < -0.4 is 4.90 Å². The first-order chi connectivity index (χ1) is 9.38. The van der Waals surface area contributed by atoms with Gasteiger partial charge >= 0.3 is 11.9 Å². The highest BCUT2D eigenvalue weighted by molar-refractivity contribution is 5.85. The van der Waals surface area contributed by atoms with Crippen LogP contribution in [0.25, 0.3) is 0 Å². The van der Waals surface area contributed by atoms with Gasteiger partial charge in [0.15, 0.2) is 0 Å². The molecule has 0 N–H and O–H groups in total. The van der Waals surface area contributed by atoms with Crippen LogP contribution in [0.5, 0.6) is 0 Å². The van der Waals surface area contributed by atoms with E-state index in [-0.39, 0.29) is 17.7 Å². The van der Waals surface area contributed by atoms with E-state index in [9.17, 15) is 9.59 Å². The Balaban J connectivity index is 2.92. The first-order valence-electron chi connectivity index (χ1n) is 6.12. The molecule has 1 rings (SSSR count). The molecule has 0 radical (unpaired) electrons. The van der Waals surface area contributed by atoms with Crippen LogP contribution in [0.2, 0.25) is 0 Å². The van der Waals surface area contributed by atoms with E-state index in [0.717, 1.165) is 0 Å². The molecule has 1 aromatic rings. The Morgan fingerprint density at radius 2 is 1.95 bits per heavy atom. The number of ether oxygens (including phenoxy) is 2. The lowest BCUT2D eigenvalue weighted by atomic mass is 10.2. The van der Waals surface area contributed by atoms with Crippen molar-refractivity contribution in [3.8, 4) is 0 Å². The van der Waals surface area contributed by atoms with E-state index in [2.05, 4.69) is 19.4 Å². The number of methoxy groups -OCH3 is 2. The fourth-order valence-electron chi connectivity index (χ4n) is 1.71. The van der Waals surface area contributed by atoms with Gasteiger partial charge in [-0.2, -0.15) is 0 Å². The van der Waals surface area contributed by atoms with E-state index >= 15 is 0 Å². The van der Waals surface area contributed by atoms with Crippen molar-refractivity contribution in [1.29, 1.82) is 0 Å². The fourth-order valence-corrected chi connectivity index (χ4v) is 1.71. The van der Waals surface area contributed by atoms with E-state index in [1.54, 1.807) is 31.9 Å². The summed E-state index contributed by atoms with van der Waals surface area (Å²) in [5.41, 5.74) is 0.646. The first kappa shape index (κ1) is 15.9. The normalized spacial score (nSPS) is 11.7. The van der Waals surface area contributed by atoms with Crippen LogP contribution in [0, 0.1) is 12.8 Å². The smallest absolute Gasteiger partial charge is 0.376 e. The number of carbonyl (C=O) groups excluding carboxylic acids is 2. The van der Waals surface area contributed by atoms with Crippen molar-refractivity contribution in [2.75, 3.05) is 32.7 Å². The minimum absolute atomic E-state index is 0.0000658. The highest BCUT2D eigenvalue weighted by Gasteiger charge is 2.18. The maximum Gasteiger partial charge on any atom is 0.376 e. The summed E-state index contributed by atoms with van der Waals surface area (Å²) in [5, 5.41) is 0. The molecule has 0 saturated carbocycles. The van der Waals surface area contributed by atoms with Crippen LogP contribution in [0.1, 0.15) is 23.2 Å². The Morgan fingerprint density at radius 1 is 1.30 bits per heavy atom. The van der Waals surface area contributed by atoms with Crippen molar-refractivity contribution in [3.05, 3.63) is 17.6 Å². The van der Waals surface area contributed by atoms with E-state index in [4.69, 9.17) is 0 Å². The minimum Gasteiger partial charge on any atom is -0.469 e. The molecule has 0 aliphatic heterocycles. The molecule has 110 valence electrons. The van der Waals surface area contributed by atoms with E-state index in [0.29, 0.717) is 18.1 Å². The number of rotatable bonds is 5. The van der Waals surface area contributed by atoms with Gasteiger partial charge in [0.25, 0.3) is 0 Å². The number of carbonyl (C=O) groups is 2. The van der Waals surface area contributed by atoms with Crippen molar-refractivity contribution in [1.82, 2.24) is 9.97 Å². The second-order valence-electron chi connectivity index (χ2n) is 4.49. The second-order valence-corrected chi connectivity index (χ2v) is 4.49. The van der Waals surface area contributed by atoms with Gasteiger partial charge in [-0.25, -0.2) is 14.8 Å². The zero-order valence-corrected chi connectivity index (χ0v) is 12.3. The SMILES string of the molecule is COC(=O)c1nc(C)cc(N(C)CC(C)C(=O)OC)n1. The standard InChI is InChI=1S/C13H19N3O4/c1-8(12(17)19-4)7-16(3)10-6-9(2)14-11(15-10)13(18)20-5/h6,8H,7H2,1-5H3. The lowest BCUT2D eigenvalue weighted by Crippen LogP contribution is -2.30. The Hall–Kier alpha value is -2.18. The summed E-state index contributed by atoms with van der Waals surface area (Å²) in [4.78, 5) is 32.8. The number of hydrogen-bond acceptors (Lipinski definition) is 7. The van der Waals surface area contributed by atoms with Crippen LogP contribution in [-0.2, 0) is 14.3 Å². The quantitative estimate of drug-likeness (QED) is 0.739. The molecule has 1 unspecified atom stereocenters. The molecular formula is C13H19N3O4. The van der Waals surface area contributed by atoms with Gasteiger partial charge in [-0.3, -0.25) is 4.79 Å². The number of aryl methyl sites for hydroxylation is 1. The zero-order valence-electron chi connectivity index (χ0n) is 12.3. The van der Waals surface area contributed by atoms with Crippen molar-refractivity contribution in [3.63, 3.8) is 0 Å². The van der Waals surface area contributed by atoms with Gasteiger partial charge in [0.1, 0.15) is 5.82 Å². The molecule has 0 amide bonds. The van der Waals surface area contributed by atoms with Gasteiger partial charge in [-0.05, 0) is 6.92 Å². The highest BCUT2D eigenvalue weighted by Crippen LogP contribution is 2.13. The largest absolute Gasteiger partial charge is 0.469 e. The molecule has 0 aromatic carbocycles. The molecule has 0 spiro atoms. The van der Waals surface area contributed by atoms with Crippen LogP contribution in [0.3, 0.4) is 0 Å². The fraction of sp³-hybridized carbons (Fsp3) is 0.538. The summed E-state index contributed by atoms with van der Waals surface area (Å²) in [6.45, 7) is 3.94. The van der Waals surface area contributed by atoms with Gasteiger partial charge in [-0.1, -0.05) is 6.92 Å². The number of nitrogens with zero attached hydrogens (tertiary/aromatic N) is 3. The molecule has 1 aromatic heterocycles. The van der Waals surface area contributed by atoms with Crippen LogP contribution >= 0.6 is 0 Å². The lowest BCUT2D eigenvalue weighted by Gasteiger charge is -2.21. The highest BCUT2D eigenvalue weighted by atomic mass is 16.5. The molecule has 1 heterocycles. The average molecular weight is 281 g/mol. The molecular weight excluding hydrogens is 262 g/mol. The van der Waals surface area contributed by atoms with E-state index < -0.39 is 5.97 Å². The van der Waals surface area contributed by atoms with E-state index in [1.807, 2.05) is 0 Å². The maximum absolute atomic E-state index is 11.5. The Kier molecular flexibility index (Phi) is 5.42. The Morgan fingerprint density at radius 3 is 2.50 bits per heavy atom. The zero-order chi connectivity index (χ0) is 15.3. The third-order valence-corrected chi connectivity index (χ3v) is 2.75. The number of hydrogen-bond donors (Lipinski definition) is 0. The molecule has 20 heavy (non-hydrogen) atoms. The molecule has 0 bridgehead atoms. The van der Waals surface area contributed by atoms with Gasteiger partial charge in [-0.15, -0.1) is 0 Å². The summed E-state index contributed by atoms with van der Waals surface area (Å²) in [6.07, 6.45) is 0. The average Bonchev–Trinajstić information content (AvgIpc) is 2.44. The van der Waals surface area contributed by atoms with E-state index in [1.165, 1.54) is 14.2 Å². The Bertz CT molecular complexity index is 504. The molecule has 0 aliphatic rings.